The first-order valence-electron chi connectivity index (χ1n) is 12.9. The zero-order valence-corrected chi connectivity index (χ0v) is 23.7. The number of anilines is 1. The van der Waals surface area contributed by atoms with Crippen LogP contribution in [0.1, 0.15) is 74.5 Å². The molecule has 205 valence electrons. The molecule has 37 heavy (non-hydrogen) atoms. The van der Waals surface area contributed by atoms with Gasteiger partial charge >= 0.3 is 170 Å². The van der Waals surface area contributed by atoms with Gasteiger partial charge in [-0.2, -0.15) is 0 Å². The second-order valence-electron chi connectivity index (χ2n) is 9.96. The fraction of sp³-hybridized carbons (Fsp3) is 0.556. The fourth-order valence-corrected chi connectivity index (χ4v) is 8.40. The number of hydrogen-bond acceptors (Lipinski definition) is 2. The molecular weight excluding hydrogens is 568 g/mol. The van der Waals surface area contributed by atoms with Crippen molar-refractivity contribution in [2.24, 2.45) is 0 Å². The molecule has 1 aliphatic carbocycles. The van der Waals surface area contributed by atoms with Crippen molar-refractivity contribution in [2.45, 2.75) is 79.8 Å². The van der Waals surface area contributed by atoms with E-state index in [4.69, 9.17) is 9.79 Å². The molecule has 1 aliphatic rings. The second-order valence-corrected chi connectivity index (χ2v) is 14.3. The van der Waals surface area contributed by atoms with Crippen LogP contribution in [0.2, 0.25) is 5.21 Å². The van der Waals surface area contributed by atoms with Crippen LogP contribution in [-0.2, 0) is 21.4 Å². The normalized spacial score (nSPS) is 16.4. The number of rotatable bonds is 13. The van der Waals surface area contributed by atoms with Gasteiger partial charge in [-0.05, 0) is 12.1 Å². The first-order chi connectivity index (χ1) is 17.5. The molecule has 0 aliphatic heterocycles. The van der Waals surface area contributed by atoms with E-state index in [9.17, 15) is 22.1 Å². The third-order valence-electron chi connectivity index (χ3n) is 7.11. The Bertz CT molecular complexity index is 1040. The van der Waals surface area contributed by atoms with Crippen molar-refractivity contribution in [1.29, 1.82) is 0 Å². The Labute approximate surface area is 223 Å². The molecule has 3 rings (SSSR count). The van der Waals surface area contributed by atoms with Crippen LogP contribution in [-0.4, -0.2) is 38.2 Å². The van der Waals surface area contributed by atoms with Gasteiger partial charge in [-0.15, -0.1) is 0 Å². The summed E-state index contributed by atoms with van der Waals surface area (Å²) >= 11 is -0.317. The van der Waals surface area contributed by atoms with Gasteiger partial charge < -0.3 is 0 Å². The molecule has 0 saturated heterocycles. The van der Waals surface area contributed by atoms with Gasteiger partial charge in [-0.3, -0.25) is 0 Å². The number of nitrogens with one attached hydrogen (secondary N) is 1. The van der Waals surface area contributed by atoms with E-state index in [1.54, 1.807) is 6.07 Å². The standard InChI is InChI=1S/C27H36AsF4NO3P/c29-23-10-8-22(9-11-23)26(13-2-1-3-14-26)15-4-5-17-33-25-12-7-21(19-24(25)27(30,31)32)20-28-16-6-18-37(34,35)36/h7-12,19,33H,1-6,13-18,20H2,(H2,34,35,36). The van der Waals surface area contributed by atoms with E-state index in [0.717, 1.165) is 44.9 Å². The molecule has 0 bridgehead atoms. The molecule has 3 N–H and O–H groups in total. The van der Waals surface area contributed by atoms with Gasteiger partial charge in [-0.1, -0.05) is 31.4 Å². The van der Waals surface area contributed by atoms with E-state index in [1.807, 2.05) is 12.1 Å². The topological polar surface area (TPSA) is 69.6 Å². The van der Waals surface area contributed by atoms with Crippen LogP contribution >= 0.6 is 7.60 Å². The van der Waals surface area contributed by atoms with Crippen molar-refractivity contribution in [2.75, 3.05) is 18.0 Å². The molecule has 0 amide bonds. The minimum atomic E-state index is -4.47. The van der Waals surface area contributed by atoms with E-state index in [2.05, 4.69) is 5.32 Å². The molecular formula is C27H36AsF4NO3P. The Morgan fingerprint density at radius 2 is 1.68 bits per heavy atom. The molecule has 1 fully saturated rings. The van der Waals surface area contributed by atoms with Crippen molar-refractivity contribution < 1.29 is 31.9 Å². The summed E-state index contributed by atoms with van der Waals surface area (Å²) in [6.45, 7) is 0.441. The Balaban J connectivity index is 1.53. The Hall–Kier alpha value is -1.33. The predicted octanol–water partition coefficient (Wildman–Crippen LogP) is 7.52. The number of halogens is 4. The summed E-state index contributed by atoms with van der Waals surface area (Å²) in [6, 6.07) is 11.2. The van der Waals surface area contributed by atoms with Crippen molar-refractivity contribution in [1.82, 2.24) is 0 Å². The van der Waals surface area contributed by atoms with Crippen molar-refractivity contribution >= 4 is 29.0 Å². The van der Waals surface area contributed by atoms with Crippen LogP contribution in [0.3, 0.4) is 0 Å². The minimum absolute atomic E-state index is 0.0264. The zero-order valence-electron chi connectivity index (χ0n) is 20.9. The summed E-state index contributed by atoms with van der Waals surface area (Å²) in [4.78, 5) is 17.8. The summed E-state index contributed by atoms with van der Waals surface area (Å²) in [5.41, 5.74) is 1.21. The number of benzene rings is 2. The Morgan fingerprint density at radius 1 is 0.973 bits per heavy atom. The maximum absolute atomic E-state index is 13.7. The van der Waals surface area contributed by atoms with Crippen LogP contribution < -0.4 is 5.32 Å². The van der Waals surface area contributed by atoms with Crippen molar-refractivity contribution in [3.8, 4) is 0 Å². The molecule has 2 aromatic carbocycles. The van der Waals surface area contributed by atoms with Crippen LogP contribution in [0.15, 0.2) is 42.5 Å². The van der Waals surface area contributed by atoms with E-state index < -0.39 is 19.3 Å². The van der Waals surface area contributed by atoms with Gasteiger partial charge in [0.05, 0.1) is 0 Å². The van der Waals surface area contributed by atoms with E-state index in [1.165, 1.54) is 36.2 Å². The summed E-state index contributed by atoms with van der Waals surface area (Å²) in [5.74, 6) is -0.244. The molecule has 2 aromatic rings. The number of alkyl halides is 3. The van der Waals surface area contributed by atoms with E-state index >= 15 is 0 Å². The monoisotopic (exact) mass is 604 g/mol. The molecule has 0 heterocycles. The van der Waals surface area contributed by atoms with Crippen LogP contribution in [0, 0.1) is 5.82 Å². The summed E-state index contributed by atoms with van der Waals surface area (Å²) < 4.78 is 65.6. The first-order valence-corrected chi connectivity index (χ1v) is 17.3. The van der Waals surface area contributed by atoms with E-state index in [0.29, 0.717) is 28.9 Å². The quantitative estimate of drug-likeness (QED) is 0.0958. The summed E-state index contributed by atoms with van der Waals surface area (Å²) in [6.07, 6.45) is 3.92. The molecule has 0 spiro atoms. The fourth-order valence-electron chi connectivity index (χ4n) is 5.20. The van der Waals surface area contributed by atoms with Crippen molar-refractivity contribution in [3.63, 3.8) is 0 Å². The number of hydrogen-bond donors (Lipinski definition) is 3. The second kappa shape index (κ2) is 13.6. The third-order valence-corrected chi connectivity index (χ3v) is 10.6. The van der Waals surface area contributed by atoms with Crippen molar-refractivity contribution in [3.05, 3.63) is 65.0 Å². The van der Waals surface area contributed by atoms with Crippen LogP contribution in [0.4, 0.5) is 23.2 Å². The van der Waals surface area contributed by atoms with Gasteiger partial charge in [-0.25, -0.2) is 4.39 Å². The molecule has 10 heteroatoms. The van der Waals surface area contributed by atoms with Gasteiger partial charge in [0.15, 0.2) is 0 Å². The van der Waals surface area contributed by atoms with Gasteiger partial charge in [0.25, 0.3) is 0 Å². The SMILES string of the molecule is O=P(O)(O)CCC[As]Cc1ccc(NCCCCC2(c3ccc(F)cc3)CCCCC2)c(C(F)(F)F)c1. The third kappa shape index (κ3) is 9.73. The first kappa shape index (κ1) is 30.2. The zero-order chi connectivity index (χ0) is 26.9. The van der Waals surface area contributed by atoms with Gasteiger partial charge in [0, 0.05) is 0 Å². The molecule has 0 atom stereocenters. The molecule has 1 radical (unpaired) electrons. The van der Waals surface area contributed by atoms with Crippen LogP contribution in [0.25, 0.3) is 0 Å². The van der Waals surface area contributed by atoms with Crippen LogP contribution in [0.5, 0.6) is 0 Å². The summed E-state index contributed by atoms with van der Waals surface area (Å²) in [7, 11) is -4.02. The molecule has 0 aromatic heterocycles. The van der Waals surface area contributed by atoms with Gasteiger partial charge in [0.2, 0.25) is 0 Å². The average molecular weight is 604 g/mol. The average Bonchev–Trinajstić information content (AvgIpc) is 2.84. The van der Waals surface area contributed by atoms with Gasteiger partial charge in [0.1, 0.15) is 5.82 Å². The molecule has 4 nitrogen and oxygen atoms in total. The molecule has 0 unspecified atom stereocenters. The summed E-state index contributed by atoms with van der Waals surface area (Å²) in [5, 5.41) is 4.15. The number of unbranched alkanes of at least 4 members (excludes halogenated alkanes) is 1. The van der Waals surface area contributed by atoms with E-state index in [-0.39, 0.29) is 38.8 Å². The predicted molar refractivity (Wildman–Crippen MR) is 141 cm³/mol. The Kier molecular flexibility index (Phi) is 11.1. The maximum atomic E-state index is 13.7. The Morgan fingerprint density at radius 3 is 2.32 bits per heavy atom. The molecule has 1 saturated carbocycles.